The number of amides is 1. The zero-order chi connectivity index (χ0) is 18.1. The van der Waals surface area contributed by atoms with Crippen LogP contribution in [0.2, 0.25) is 5.02 Å². The zero-order valence-corrected chi connectivity index (χ0v) is 14.3. The summed E-state index contributed by atoms with van der Waals surface area (Å²) in [6.45, 7) is 0.186. The molecule has 26 heavy (non-hydrogen) atoms. The van der Waals surface area contributed by atoms with E-state index >= 15 is 0 Å². The Morgan fingerprint density at radius 3 is 2.69 bits per heavy atom. The lowest BCUT2D eigenvalue weighted by Gasteiger charge is -2.05. The molecule has 2 aromatic heterocycles. The molecule has 0 aliphatic rings. The van der Waals surface area contributed by atoms with Gasteiger partial charge in [0.15, 0.2) is 5.65 Å². The maximum absolute atomic E-state index is 12.4. The third-order valence-corrected chi connectivity index (χ3v) is 4.28. The second kappa shape index (κ2) is 6.61. The number of halogens is 1. The lowest BCUT2D eigenvalue weighted by Crippen LogP contribution is -2.32. The van der Waals surface area contributed by atoms with Gasteiger partial charge in [-0.05, 0) is 29.8 Å². The molecule has 0 saturated heterocycles. The molecule has 0 aliphatic heterocycles. The van der Waals surface area contributed by atoms with E-state index in [0.717, 1.165) is 21.1 Å². The number of hydrogen-bond donors (Lipinski definition) is 1. The minimum absolute atomic E-state index is 0.164. The Kier molecular flexibility index (Phi) is 4.14. The van der Waals surface area contributed by atoms with Gasteiger partial charge in [0, 0.05) is 17.0 Å². The monoisotopic (exact) mass is 367 g/mol. The zero-order valence-electron chi connectivity index (χ0n) is 13.6. The highest BCUT2D eigenvalue weighted by Gasteiger charge is 2.13. The molecule has 4 rings (SSSR count). The maximum atomic E-state index is 12.4. The Labute approximate surface area is 152 Å². The van der Waals surface area contributed by atoms with Crippen molar-refractivity contribution in [3.8, 4) is 0 Å². The molecule has 2 aromatic carbocycles. The van der Waals surface area contributed by atoms with E-state index in [4.69, 9.17) is 11.6 Å². The van der Waals surface area contributed by atoms with Crippen LogP contribution in [-0.2, 0) is 17.9 Å². The highest BCUT2D eigenvalue weighted by Crippen LogP contribution is 2.14. The number of carbonyl (C=O) groups is 1. The quantitative estimate of drug-likeness (QED) is 0.598. The second-order valence-corrected chi connectivity index (χ2v) is 6.24. The van der Waals surface area contributed by atoms with E-state index in [1.54, 1.807) is 12.1 Å². The van der Waals surface area contributed by atoms with Crippen LogP contribution >= 0.6 is 11.6 Å². The summed E-state index contributed by atoms with van der Waals surface area (Å²) in [6.07, 6.45) is 1.43. The van der Waals surface area contributed by atoms with Crippen LogP contribution < -0.4 is 11.0 Å². The molecule has 2 heterocycles. The van der Waals surface area contributed by atoms with Crippen LogP contribution in [0.5, 0.6) is 0 Å². The van der Waals surface area contributed by atoms with Gasteiger partial charge < -0.3 is 5.32 Å². The largest absolute Gasteiger partial charge is 0.352 e. The molecule has 4 aromatic rings. The summed E-state index contributed by atoms with van der Waals surface area (Å²) in [4.78, 5) is 28.9. The van der Waals surface area contributed by atoms with E-state index in [1.165, 1.54) is 10.7 Å². The summed E-state index contributed by atoms with van der Waals surface area (Å²) in [6, 6.07) is 14.6. The van der Waals surface area contributed by atoms with Crippen LogP contribution in [0.25, 0.3) is 16.6 Å². The average molecular weight is 368 g/mol. The van der Waals surface area contributed by atoms with Crippen molar-refractivity contribution in [2.75, 3.05) is 0 Å². The molecular weight excluding hydrogens is 354 g/mol. The Morgan fingerprint density at radius 2 is 1.88 bits per heavy atom. The predicted molar refractivity (Wildman–Crippen MR) is 98.1 cm³/mol. The Bertz CT molecular complexity index is 1160. The molecule has 0 aliphatic carbocycles. The number of hydrogen-bond acceptors (Lipinski definition) is 4. The molecule has 0 fully saturated rings. The van der Waals surface area contributed by atoms with Gasteiger partial charge in [-0.25, -0.2) is 18.9 Å². The minimum Gasteiger partial charge on any atom is -0.350 e. The molecule has 0 radical (unpaired) electrons. The molecule has 0 spiro atoms. The summed E-state index contributed by atoms with van der Waals surface area (Å²) in [5.74, 6) is -0.303. The molecule has 130 valence electrons. The highest BCUT2D eigenvalue weighted by molar-refractivity contribution is 6.30. The van der Waals surface area contributed by atoms with E-state index < -0.39 is 5.69 Å². The molecule has 1 amide bonds. The fourth-order valence-electron chi connectivity index (χ4n) is 2.70. The summed E-state index contributed by atoms with van der Waals surface area (Å²) in [5.41, 5.74) is 1.73. The van der Waals surface area contributed by atoms with Crippen molar-refractivity contribution in [1.29, 1.82) is 0 Å². The molecule has 0 saturated carbocycles. The van der Waals surface area contributed by atoms with Gasteiger partial charge >= 0.3 is 5.69 Å². The average Bonchev–Trinajstić information content (AvgIpc) is 2.97. The number of benzene rings is 2. The Balaban J connectivity index is 1.56. The first-order chi connectivity index (χ1) is 12.6. The van der Waals surface area contributed by atoms with Crippen LogP contribution in [0.4, 0.5) is 0 Å². The minimum atomic E-state index is -0.403. The lowest BCUT2D eigenvalue weighted by molar-refractivity contribution is -0.122. The van der Waals surface area contributed by atoms with Crippen molar-refractivity contribution >= 4 is 34.1 Å². The van der Waals surface area contributed by atoms with Gasteiger partial charge in [-0.2, -0.15) is 0 Å². The first-order valence-corrected chi connectivity index (χ1v) is 8.34. The lowest BCUT2D eigenvalue weighted by atomic mass is 10.2. The van der Waals surface area contributed by atoms with Crippen molar-refractivity contribution in [2.24, 2.45) is 0 Å². The molecule has 7 nitrogen and oxygen atoms in total. The molecule has 8 heteroatoms. The van der Waals surface area contributed by atoms with Gasteiger partial charge in [0.2, 0.25) is 5.91 Å². The van der Waals surface area contributed by atoms with E-state index in [0.29, 0.717) is 17.2 Å². The van der Waals surface area contributed by atoms with E-state index in [1.807, 2.05) is 36.4 Å². The van der Waals surface area contributed by atoms with Gasteiger partial charge in [0.25, 0.3) is 0 Å². The first kappa shape index (κ1) is 16.3. The van der Waals surface area contributed by atoms with Crippen molar-refractivity contribution in [1.82, 2.24) is 24.5 Å². The van der Waals surface area contributed by atoms with Crippen molar-refractivity contribution < 1.29 is 4.79 Å². The van der Waals surface area contributed by atoms with Crippen LogP contribution in [0, 0.1) is 0 Å². The molecule has 0 bridgehead atoms. The second-order valence-electron chi connectivity index (χ2n) is 5.80. The molecule has 1 N–H and O–H groups in total. The summed E-state index contributed by atoms with van der Waals surface area (Å²) < 4.78 is 2.48. The summed E-state index contributed by atoms with van der Waals surface area (Å²) in [5, 5.41) is 8.46. The van der Waals surface area contributed by atoms with Crippen LogP contribution in [-0.4, -0.2) is 25.1 Å². The molecular formula is C18H14ClN5O2. The van der Waals surface area contributed by atoms with Crippen molar-refractivity contribution in [3.05, 3.63) is 75.9 Å². The third-order valence-electron chi connectivity index (χ3n) is 4.02. The Morgan fingerprint density at radius 1 is 1.12 bits per heavy atom. The van der Waals surface area contributed by atoms with Gasteiger partial charge in [0.1, 0.15) is 12.9 Å². The number of aromatic nitrogens is 4. The van der Waals surface area contributed by atoms with E-state index in [-0.39, 0.29) is 12.5 Å². The van der Waals surface area contributed by atoms with E-state index in [2.05, 4.69) is 15.4 Å². The normalized spacial score (nSPS) is 11.1. The number of fused-ring (bicyclic) bond motifs is 3. The number of nitrogens with zero attached hydrogens (tertiary/aromatic N) is 4. The first-order valence-electron chi connectivity index (χ1n) is 7.96. The molecule has 0 atom stereocenters. The standard InChI is InChI=1S/C18H14ClN5O2/c19-13-7-5-12(6-8-13)9-20-16(25)10-24-18(26)23-11-21-15-4-2-1-3-14(15)17(23)22-24/h1-8,11H,9-10H2,(H,20,25). The smallest absolute Gasteiger partial charge is 0.350 e. The Hall–Kier alpha value is -3.19. The maximum Gasteiger partial charge on any atom is 0.352 e. The van der Waals surface area contributed by atoms with Crippen LogP contribution in [0.3, 0.4) is 0 Å². The molecule has 0 unspecified atom stereocenters. The van der Waals surface area contributed by atoms with E-state index in [9.17, 15) is 9.59 Å². The van der Waals surface area contributed by atoms with Crippen LogP contribution in [0.1, 0.15) is 5.56 Å². The summed E-state index contributed by atoms with van der Waals surface area (Å²) in [7, 11) is 0. The van der Waals surface area contributed by atoms with Gasteiger partial charge in [-0.15, -0.1) is 5.10 Å². The fraction of sp³-hybridized carbons (Fsp3) is 0.111. The fourth-order valence-corrected chi connectivity index (χ4v) is 2.83. The van der Waals surface area contributed by atoms with Gasteiger partial charge in [-0.3, -0.25) is 4.79 Å². The topological polar surface area (TPSA) is 81.3 Å². The van der Waals surface area contributed by atoms with Crippen LogP contribution in [0.15, 0.2) is 59.7 Å². The third kappa shape index (κ3) is 3.04. The number of rotatable bonds is 4. The summed E-state index contributed by atoms with van der Waals surface area (Å²) >= 11 is 5.84. The SMILES string of the molecule is O=C(Cn1nc2c3ccccc3ncn2c1=O)NCc1ccc(Cl)cc1. The van der Waals surface area contributed by atoms with Gasteiger partial charge in [-0.1, -0.05) is 35.9 Å². The number of para-hydroxylation sites is 1. The highest BCUT2D eigenvalue weighted by atomic mass is 35.5. The van der Waals surface area contributed by atoms with Gasteiger partial charge in [0.05, 0.1) is 5.52 Å². The predicted octanol–water partition coefficient (Wildman–Crippen LogP) is 2.01. The van der Waals surface area contributed by atoms with Crippen molar-refractivity contribution in [2.45, 2.75) is 13.1 Å². The van der Waals surface area contributed by atoms with Crippen molar-refractivity contribution in [3.63, 3.8) is 0 Å². The number of nitrogens with one attached hydrogen (secondary N) is 1. The number of carbonyl (C=O) groups excluding carboxylic acids is 1.